The molecule has 0 spiro atoms. The predicted octanol–water partition coefficient (Wildman–Crippen LogP) is 4.12. The zero-order valence-electron chi connectivity index (χ0n) is 18.6. The van der Waals surface area contributed by atoms with Crippen LogP contribution in [0, 0.1) is 12.7 Å². The molecule has 3 heterocycles. The number of urea groups is 1. The highest BCUT2D eigenvalue weighted by Crippen LogP contribution is 2.29. The van der Waals surface area contributed by atoms with E-state index in [4.69, 9.17) is 10.7 Å². The van der Waals surface area contributed by atoms with Crippen LogP contribution in [0.2, 0.25) is 0 Å². The number of fused-ring (bicyclic) bond motifs is 1. The molecule has 1 aliphatic heterocycles. The first-order valence-corrected chi connectivity index (χ1v) is 11.0. The quantitative estimate of drug-likeness (QED) is 0.425. The molecule has 2 aromatic carbocycles. The fourth-order valence-electron chi connectivity index (χ4n) is 4.16. The Morgan fingerprint density at radius 3 is 2.71 bits per heavy atom. The average Bonchev–Trinajstić information content (AvgIpc) is 3.27. The summed E-state index contributed by atoms with van der Waals surface area (Å²) in [5.41, 5.74) is 10.5. The third kappa shape index (κ3) is 4.59. The van der Waals surface area contributed by atoms with Gasteiger partial charge in [0.2, 0.25) is 5.95 Å². The van der Waals surface area contributed by atoms with Gasteiger partial charge in [-0.3, -0.25) is 0 Å². The largest absolute Gasteiger partial charge is 0.368 e. The van der Waals surface area contributed by atoms with Crippen molar-refractivity contribution in [1.29, 1.82) is 0 Å². The second-order valence-corrected chi connectivity index (χ2v) is 8.38. The molecule has 0 saturated carbocycles. The lowest BCUT2D eigenvalue weighted by Gasteiger charge is -2.20. The molecule has 1 atom stereocenters. The Morgan fingerprint density at radius 2 is 1.91 bits per heavy atom. The Labute approximate surface area is 196 Å². The number of amides is 2. The molecule has 1 aliphatic rings. The number of nitrogen functional groups attached to an aromatic ring is 1. The Kier molecular flexibility index (Phi) is 5.67. The molecule has 9 heteroatoms. The van der Waals surface area contributed by atoms with E-state index in [-0.39, 0.29) is 23.8 Å². The van der Waals surface area contributed by atoms with E-state index in [1.807, 2.05) is 43.3 Å². The summed E-state index contributed by atoms with van der Waals surface area (Å²) in [6.07, 6.45) is 0.754. The maximum absolute atomic E-state index is 13.3. The molecular weight excluding hydrogens is 433 g/mol. The van der Waals surface area contributed by atoms with E-state index >= 15 is 0 Å². The van der Waals surface area contributed by atoms with Crippen LogP contribution in [0.3, 0.4) is 0 Å². The van der Waals surface area contributed by atoms with E-state index in [1.54, 1.807) is 12.1 Å². The third-order valence-corrected chi connectivity index (χ3v) is 5.78. The van der Waals surface area contributed by atoms with Gasteiger partial charge in [0.25, 0.3) is 0 Å². The van der Waals surface area contributed by atoms with Crippen molar-refractivity contribution in [3.63, 3.8) is 0 Å². The molecule has 5 rings (SSSR count). The Balaban J connectivity index is 1.35. The van der Waals surface area contributed by atoms with Gasteiger partial charge in [0.05, 0.1) is 11.2 Å². The SMILES string of the molecule is Cc1cccc(NC(=O)N[C@H]2CCN(c3nc(N)nc4ccc(-c5ccc(F)cc5)nc34)C2)c1. The first kappa shape index (κ1) is 21.6. The summed E-state index contributed by atoms with van der Waals surface area (Å²) in [5, 5.41) is 5.91. The van der Waals surface area contributed by atoms with Gasteiger partial charge in [-0.05, 0) is 67.4 Å². The van der Waals surface area contributed by atoms with Crippen molar-refractivity contribution >= 4 is 34.5 Å². The zero-order valence-corrected chi connectivity index (χ0v) is 18.6. The maximum Gasteiger partial charge on any atom is 0.319 e. The van der Waals surface area contributed by atoms with E-state index < -0.39 is 0 Å². The van der Waals surface area contributed by atoms with Crippen LogP contribution in [0.15, 0.2) is 60.7 Å². The molecule has 2 aromatic heterocycles. The summed E-state index contributed by atoms with van der Waals surface area (Å²) in [6, 6.07) is 17.2. The van der Waals surface area contributed by atoms with Crippen LogP contribution in [-0.2, 0) is 0 Å². The number of nitrogens with two attached hydrogens (primary N) is 1. The number of rotatable bonds is 4. The Bertz CT molecular complexity index is 1360. The van der Waals surface area contributed by atoms with Gasteiger partial charge in [-0.15, -0.1) is 0 Å². The summed E-state index contributed by atoms with van der Waals surface area (Å²) >= 11 is 0. The fraction of sp³-hybridized carbons (Fsp3) is 0.200. The zero-order chi connectivity index (χ0) is 23.7. The molecule has 2 amide bonds. The second-order valence-electron chi connectivity index (χ2n) is 8.38. The van der Waals surface area contributed by atoms with Crippen LogP contribution < -0.4 is 21.3 Å². The summed E-state index contributed by atoms with van der Waals surface area (Å²) in [7, 11) is 0. The lowest BCUT2D eigenvalue weighted by Crippen LogP contribution is -2.39. The molecule has 1 fully saturated rings. The predicted molar refractivity (Wildman–Crippen MR) is 131 cm³/mol. The third-order valence-electron chi connectivity index (χ3n) is 5.78. The molecular formula is C25H24FN7O. The number of aromatic nitrogens is 3. The topological polar surface area (TPSA) is 109 Å². The maximum atomic E-state index is 13.3. The molecule has 172 valence electrons. The van der Waals surface area contributed by atoms with Crippen LogP contribution in [0.25, 0.3) is 22.3 Å². The number of hydrogen-bond acceptors (Lipinski definition) is 6. The summed E-state index contributed by atoms with van der Waals surface area (Å²) < 4.78 is 13.3. The van der Waals surface area contributed by atoms with Gasteiger partial charge < -0.3 is 21.3 Å². The van der Waals surface area contributed by atoms with E-state index in [9.17, 15) is 9.18 Å². The van der Waals surface area contributed by atoms with Gasteiger partial charge in [0.15, 0.2) is 5.82 Å². The number of hydrogen-bond donors (Lipinski definition) is 3. The van der Waals surface area contributed by atoms with Gasteiger partial charge >= 0.3 is 6.03 Å². The summed E-state index contributed by atoms with van der Waals surface area (Å²) in [4.78, 5) is 28.1. The number of carbonyl (C=O) groups is 1. The Morgan fingerprint density at radius 1 is 1.09 bits per heavy atom. The van der Waals surface area contributed by atoms with E-state index in [1.165, 1.54) is 12.1 Å². The average molecular weight is 458 g/mol. The normalized spacial score (nSPS) is 15.5. The van der Waals surface area contributed by atoms with E-state index in [2.05, 4.69) is 25.5 Å². The fourth-order valence-corrected chi connectivity index (χ4v) is 4.16. The number of halogens is 1. The first-order valence-electron chi connectivity index (χ1n) is 11.0. The van der Waals surface area contributed by atoms with Crippen molar-refractivity contribution in [2.24, 2.45) is 0 Å². The number of aryl methyl sites for hydroxylation is 1. The van der Waals surface area contributed by atoms with Crippen molar-refractivity contribution < 1.29 is 9.18 Å². The van der Waals surface area contributed by atoms with Crippen molar-refractivity contribution in [2.75, 3.05) is 29.0 Å². The van der Waals surface area contributed by atoms with E-state index in [0.717, 1.165) is 23.2 Å². The highest BCUT2D eigenvalue weighted by Gasteiger charge is 2.27. The summed E-state index contributed by atoms with van der Waals surface area (Å²) in [6.45, 7) is 3.23. The number of pyridine rings is 1. The van der Waals surface area contributed by atoms with Crippen LogP contribution in [0.4, 0.5) is 26.6 Å². The van der Waals surface area contributed by atoms with Crippen molar-refractivity contribution in [2.45, 2.75) is 19.4 Å². The molecule has 4 aromatic rings. The van der Waals surface area contributed by atoms with Crippen LogP contribution in [0.1, 0.15) is 12.0 Å². The highest BCUT2D eigenvalue weighted by molar-refractivity contribution is 5.90. The summed E-state index contributed by atoms with van der Waals surface area (Å²) in [5.74, 6) is 0.477. The van der Waals surface area contributed by atoms with Gasteiger partial charge in [-0.1, -0.05) is 12.1 Å². The molecule has 0 radical (unpaired) electrons. The molecule has 1 saturated heterocycles. The van der Waals surface area contributed by atoms with E-state index in [0.29, 0.717) is 35.6 Å². The molecule has 8 nitrogen and oxygen atoms in total. The molecule has 0 unspecified atom stereocenters. The molecule has 4 N–H and O–H groups in total. The van der Waals surface area contributed by atoms with Gasteiger partial charge in [0, 0.05) is 30.4 Å². The van der Waals surface area contributed by atoms with Gasteiger partial charge in [-0.25, -0.2) is 19.2 Å². The second kappa shape index (κ2) is 8.93. The number of nitrogens with one attached hydrogen (secondary N) is 2. The number of carbonyl (C=O) groups excluding carboxylic acids is 1. The minimum atomic E-state index is -0.302. The van der Waals surface area contributed by atoms with Crippen molar-refractivity contribution in [3.8, 4) is 11.3 Å². The number of nitrogens with zero attached hydrogens (tertiary/aromatic N) is 4. The number of anilines is 3. The minimum Gasteiger partial charge on any atom is -0.368 e. The van der Waals surface area contributed by atoms with Crippen LogP contribution >= 0.6 is 0 Å². The lowest BCUT2D eigenvalue weighted by atomic mass is 10.1. The molecule has 0 aliphatic carbocycles. The van der Waals surface area contributed by atoms with Crippen LogP contribution in [0.5, 0.6) is 0 Å². The lowest BCUT2D eigenvalue weighted by molar-refractivity contribution is 0.249. The molecule has 34 heavy (non-hydrogen) atoms. The van der Waals surface area contributed by atoms with Crippen LogP contribution in [-0.4, -0.2) is 40.1 Å². The standard InChI is InChI=1S/C25H24FN7O/c1-15-3-2-4-18(13-15)28-25(34)29-19-11-12-33(14-19)23-22-21(31-24(27)32-23)10-9-20(30-22)16-5-7-17(26)8-6-16/h2-10,13,19H,11-12,14H2,1H3,(H2,27,31,32)(H2,28,29,34)/t19-/m0/s1. The van der Waals surface area contributed by atoms with Crippen molar-refractivity contribution in [1.82, 2.24) is 20.3 Å². The smallest absolute Gasteiger partial charge is 0.319 e. The van der Waals surface area contributed by atoms with Gasteiger partial charge in [-0.2, -0.15) is 4.98 Å². The van der Waals surface area contributed by atoms with Crippen molar-refractivity contribution in [3.05, 3.63) is 72.0 Å². The first-order chi connectivity index (χ1) is 16.4. The molecule has 0 bridgehead atoms. The van der Waals surface area contributed by atoms with Gasteiger partial charge in [0.1, 0.15) is 11.3 Å². The minimum absolute atomic E-state index is 0.0590. The monoisotopic (exact) mass is 457 g/mol. The number of benzene rings is 2. The Hall–Kier alpha value is -4.27. The highest BCUT2D eigenvalue weighted by atomic mass is 19.1.